The molecule has 0 aromatic carbocycles. The Hall–Kier alpha value is -1.29. The highest BCUT2D eigenvalue weighted by molar-refractivity contribution is 5.70. The van der Waals surface area contributed by atoms with Gasteiger partial charge >= 0.3 is 5.97 Å². The van der Waals surface area contributed by atoms with E-state index in [4.69, 9.17) is 9.52 Å². The number of carboxylic acid groups (broad SMARTS) is 1. The minimum atomic E-state index is -0.789. The molecule has 90 valence electrons. The fourth-order valence-electron chi connectivity index (χ4n) is 1.52. The van der Waals surface area contributed by atoms with Gasteiger partial charge in [-0.15, -0.1) is 0 Å². The van der Waals surface area contributed by atoms with Crippen molar-refractivity contribution in [1.29, 1.82) is 0 Å². The summed E-state index contributed by atoms with van der Waals surface area (Å²) in [5, 5.41) is 12.1. The Balaban J connectivity index is 2.57. The van der Waals surface area contributed by atoms with Gasteiger partial charge in [0.05, 0.1) is 12.0 Å². The zero-order valence-corrected chi connectivity index (χ0v) is 10.2. The summed E-state index contributed by atoms with van der Waals surface area (Å²) in [7, 11) is 0. The van der Waals surface area contributed by atoms with Gasteiger partial charge in [0.2, 0.25) is 0 Å². The van der Waals surface area contributed by atoms with E-state index in [9.17, 15) is 4.79 Å². The molecule has 4 heteroatoms. The van der Waals surface area contributed by atoms with Gasteiger partial charge in [-0.05, 0) is 32.9 Å². The van der Waals surface area contributed by atoms with Gasteiger partial charge in [0, 0.05) is 6.04 Å². The number of hydrogen-bond donors (Lipinski definition) is 2. The second kappa shape index (κ2) is 5.16. The van der Waals surface area contributed by atoms with E-state index in [0.717, 1.165) is 11.5 Å². The molecule has 1 rings (SSSR count). The van der Waals surface area contributed by atoms with Crippen LogP contribution >= 0.6 is 0 Å². The number of rotatable bonds is 5. The predicted molar refractivity (Wildman–Crippen MR) is 61.3 cm³/mol. The van der Waals surface area contributed by atoms with Gasteiger partial charge in [0.1, 0.15) is 11.5 Å². The minimum absolute atomic E-state index is 0.0190. The molecule has 1 aromatic rings. The smallest absolute Gasteiger partial charge is 0.307 e. The molecular weight excluding hydrogens is 206 g/mol. The summed E-state index contributed by atoms with van der Waals surface area (Å²) in [6.45, 7) is 7.41. The van der Waals surface area contributed by atoms with E-state index in [2.05, 4.69) is 5.32 Å². The van der Waals surface area contributed by atoms with Crippen LogP contribution in [-0.4, -0.2) is 17.1 Å². The maximum atomic E-state index is 10.8. The topological polar surface area (TPSA) is 62.5 Å². The van der Waals surface area contributed by atoms with Crippen LogP contribution in [0.4, 0.5) is 0 Å². The molecule has 0 aliphatic heterocycles. The first-order valence-corrected chi connectivity index (χ1v) is 5.47. The standard InChI is InChI=1S/C12H19NO3/c1-7-5-6-11(16-7)10(4)13-9(3)8(2)12(14)15/h5-6,8-10,13H,1-4H3,(H,14,15). The monoisotopic (exact) mass is 225 g/mol. The van der Waals surface area contributed by atoms with Gasteiger partial charge in [0.25, 0.3) is 0 Å². The highest BCUT2D eigenvalue weighted by Gasteiger charge is 2.21. The Labute approximate surface area is 95.7 Å². The number of aliphatic carboxylic acids is 1. The Bertz CT molecular complexity index is 359. The summed E-state index contributed by atoms with van der Waals surface area (Å²) < 4.78 is 5.48. The lowest BCUT2D eigenvalue weighted by atomic mass is 10.0. The maximum absolute atomic E-state index is 10.8. The van der Waals surface area contributed by atoms with E-state index < -0.39 is 11.9 Å². The second-order valence-corrected chi connectivity index (χ2v) is 4.25. The molecule has 0 saturated heterocycles. The summed E-state index contributed by atoms with van der Waals surface area (Å²) >= 11 is 0. The highest BCUT2D eigenvalue weighted by Crippen LogP contribution is 2.17. The Kier molecular flexibility index (Phi) is 4.12. The van der Waals surface area contributed by atoms with E-state index in [-0.39, 0.29) is 12.1 Å². The van der Waals surface area contributed by atoms with Crippen molar-refractivity contribution in [3.8, 4) is 0 Å². The van der Waals surface area contributed by atoms with E-state index in [1.54, 1.807) is 6.92 Å². The lowest BCUT2D eigenvalue weighted by Crippen LogP contribution is -2.37. The second-order valence-electron chi connectivity index (χ2n) is 4.25. The Morgan fingerprint density at radius 2 is 2.00 bits per heavy atom. The van der Waals surface area contributed by atoms with Gasteiger partial charge in [-0.3, -0.25) is 4.79 Å². The number of furan rings is 1. The normalized spacial score (nSPS) is 16.8. The van der Waals surface area contributed by atoms with Crippen LogP contribution in [0, 0.1) is 12.8 Å². The molecule has 1 heterocycles. The fourth-order valence-corrected chi connectivity index (χ4v) is 1.52. The van der Waals surface area contributed by atoms with Gasteiger partial charge in [-0.2, -0.15) is 0 Å². The molecular formula is C12H19NO3. The molecule has 3 atom stereocenters. The quantitative estimate of drug-likeness (QED) is 0.807. The van der Waals surface area contributed by atoms with E-state index in [1.807, 2.05) is 32.9 Å². The summed E-state index contributed by atoms with van der Waals surface area (Å²) in [6, 6.07) is 3.73. The molecule has 0 radical (unpaired) electrons. The molecule has 0 bridgehead atoms. The van der Waals surface area contributed by atoms with Gasteiger partial charge in [0.15, 0.2) is 0 Å². The molecule has 4 nitrogen and oxygen atoms in total. The van der Waals surface area contributed by atoms with Gasteiger partial charge in [-0.25, -0.2) is 0 Å². The van der Waals surface area contributed by atoms with Crippen LogP contribution < -0.4 is 5.32 Å². The van der Waals surface area contributed by atoms with Crippen LogP contribution in [0.3, 0.4) is 0 Å². The first-order valence-electron chi connectivity index (χ1n) is 5.47. The first-order chi connectivity index (χ1) is 7.41. The predicted octanol–water partition coefficient (Wildman–Crippen LogP) is 2.35. The number of nitrogens with one attached hydrogen (secondary N) is 1. The molecule has 1 aromatic heterocycles. The molecule has 0 fully saturated rings. The van der Waals surface area contributed by atoms with Crippen molar-refractivity contribution in [3.05, 3.63) is 23.7 Å². The summed E-state index contributed by atoms with van der Waals surface area (Å²) in [4.78, 5) is 10.8. The van der Waals surface area contributed by atoms with Crippen molar-refractivity contribution < 1.29 is 14.3 Å². The third-order valence-electron chi connectivity index (χ3n) is 2.84. The zero-order valence-electron chi connectivity index (χ0n) is 10.2. The molecule has 0 aliphatic rings. The molecule has 0 amide bonds. The molecule has 0 saturated carbocycles. The van der Waals surface area contributed by atoms with Gasteiger partial charge in [-0.1, -0.05) is 6.92 Å². The number of carbonyl (C=O) groups is 1. The van der Waals surface area contributed by atoms with Crippen molar-refractivity contribution in [2.75, 3.05) is 0 Å². The van der Waals surface area contributed by atoms with Gasteiger partial charge < -0.3 is 14.8 Å². The molecule has 3 unspecified atom stereocenters. The highest BCUT2D eigenvalue weighted by atomic mass is 16.4. The number of aryl methyl sites for hydroxylation is 1. The summed E-state index contributed by atoms with van der Waals surface area (Å²) in [5.41, 5.74) is 0. The SMILES string of the molecule is Cc1ccc(C(C)NC(C)C(C)C(=O)O)o1. The average molecular weight is 225 g/mol. The van der Waals surface area contributed by atoms with E-state index in [0.29, 0.717) is 0 Å². The summed E-state index contributed by atoms with van der Waals surface area (Å²) in [5.74, 6) is 0.492. The van der Waals surface area contributed by atoms with E-state index in [1.165, 1.54) is 0 Å². The van der Waals surface area contributed by atoms with Crippen LogP contribution in [0.5, 0.6) is 0 Å². The fraction of sp³-hybridized carbons (Fsp3) is 0.583. The zero-order chi connectivity index (χ0) is 12.3. The molecule has 2 N–H and O–H groups in total. The van der Waals surface area contributed by atoms with Crippen LogP contribution in [0.25, 0.3) is 0 Å². The first kappa shape index (κ1) is 12.8. The number of carboxylic acids is 1. The molecule has 16 heavy (non-hydrogen) atoms. The third-order valence-corrected chi connectivity index (χ3v) is 2.84. The lowest BCUT2D eigenvalue weighted by Gasteiger charge is -2.21. The average Bonchev–Trinajstić information content (AvgIpc) is 2.63. The van der Waals surface area contributed by atoms with Crippen molar-refractivity contribution in [3.63, 3.8) is 0 Å². The third kappa shape index (κ3) is 3.10. The minimum Gasteiger partial charge on any atom is -0.481 e. The van der Waals surface area contributed by atoms with Crippen molar-refractivity contribution in [2.45, 2.75) is 39.8 Å². The molecule has 0 spiro atoms. The maximum Gasteiger partial charge on any atom is 0.307 e. The molecule has 0 aliphatic carbocycles. The number of hydrogen-bond acceptors (Lipinski definition) is 3. The largest absolute Gasteiger partial charge is 0.481 e. The Morgan fingerprint density at radius 1 is 1.38 bits per heavy atom. The van der Waals surface area contributed by atoms with Crippen molar-refractivity contribution >= 4 is 5.97 Å². The lowest BCUT2D eigenvalue weighted by molar-refractivity contribution is -0.142. The van der Waals surface area contributed by atoms with Crippen LogP contribution in [0.2, 0.25) is 0 Å². The Morgan fingerprint density at radius 3 is 2.44 bits per heavy atom. The van der Waals surface area contributed by atoms with Crippen LogP contribution in [0.1, 0.15) is 38.3 Å². The summed E-state index contributed by atoms with van der Waals surface area (Å²) in [6.07, 6.45) is 0. The van der Waals surface area contributed by atoms with Crippen LogP contribution in [0.15, 0.2) is 16.5 Å². The van der Waals surface area contributed by atoms with Crippen LogP contribution in [-0.2, 0) is 4.79 Å². The van der Waals surface area contributed by atoms with E-state index >= 15 is 0 Å². The van der Waals surface area contributed by atoms with Crippen molar-refractivity contribution in [1.82, 2.24) is 5.32 Å². The van der Waals surface area contributed by atoms with Crippen molar-refractivity contribution in [2.24, 2.45) is 5.92 Å².